The number of methoxy groups -OCH3 is 1. The summed E-state index contributed by atoms with van der Waals surface area (Å²) < 4.78 is 10.3. The molecule has 2 aromatic rings. The van der Waals surface area contributed by atoms with Crippen LogP contribution >= 0.6 is 0 Å². The van der Waals surface area contributed by atoms with E-state index in [-0.39, 0.29) is 11.5 Å². The Hall–Kier alpha value is -3.59. The zero-order valence-corrected chi connectivity index (χ0v) is 17.9. The number of carbonyl (C=O) groups excluding carboxylic acids is 2. The number of esters is 1. The van der Waals surface area contributed by atoms with Gasteiger partial charge in [0.25, 0.3) is 5.91 Å². The van der Waals surface area contributed by atoms with E-state index in [9.17, 15) is 14.9 Å². The third-order valence-electron chi connectivity index (χ3n) is 4.60. The molecule has 1 N–H and O–H groups in total. The zero-order chi connectivity index (χ0) is 22.3. The molecule has 0 heterocycles. The van der Waals surface area contributed by atoms with Crippen LogP contribution in [-0.4, -0.2) is 25.1 Å². The summed E-state index contributed by atoms with van der Waals surface area (Å²) in [6, 6.07) is 14.5. The van der Waals surface area contributed by atoms with Gasteiger partial charge < -0.3 is 14.8 Å². The number of aryl methyl sites for hydroxylation is 1. The van der Waals surface area contributed by atoms with Crippen molar-refractivity contribution in [3.63, 3.8) is 0 Å². The molecule has 0 aliphatic carbocycles. The van der Waals surface area contributed by atoms with Gasteiger partial charge in [0.1, 0.15) is 17.4 Å². The quantitative estimate of drug-likeness (QED) is 0.412. The Kier molecular flexibility index (Phi) is 7.76. The van der Waals surface area contributed by atoms with Crippen LogP contribution in [0.4, 0.5) is 5.69 Å². The van der Waals surface area contributed by atoms with Crippen LogP contribution in [0.25, 0.3) is 6.08 Å². The average Bonchev–Trinajstić information content (AvgIpc) is 2.73. The van der Waals surface area contributed by atoms with Crippen LogP contribution in [0.1, 0.15) is 43.4 Å². The average molecular weight is 406 g/mol. The van der Waals surface area contributed by atoms with Crippen molar-refractivity contribution in [3.05, 3.63) is 64.7 Å². The van der Waals surface area contributed by atoms with E-state index in [1.54, 1.807) is 31.4 Å². The lowest BCUT2D eigenvalue weighted by Gasteiger charge is -2.19. The van der Waals surface area contributed by atoms with Gasteiger partial charge in [0.2, 0.25) is 0 Å². The van der Waals surface area contributed by atoms with Crippen molar-refractivity contribution in [3.8, 4) is 11.8 Å². The maximum absolute atomic E-state index is 12.6. The highest BCUT2D eigenvalue weighted by molar-refractivity contribution is 6.01. The molecule has 2 aromatic carbocycles. The van der Waals surface area contributed by atoms with Crippen molar-refractivity contribution >= 4 is 23.6 Å². The molecule has 0 aliphatic heterocycles. The van der Waals surface area contributed by atoms with Crippen LogP contribution in [-0.2, 0) is 14.3 Å². The molecular weight excluding hydrogens is 380 g/mol. The molecule has 0 saturated carbocycles. The van der Waals surface area contributed by atoms with Crippen molar-refractivity contribution < 1.29 is 19.1 Å². The standard InChI is InChI=1S/C24H26N2O4/c1-15(2)21-8-6-7-16(3)22(21)26-23(27)17(4)30-24(28)19(14-25)13-18-9-11-20(29-5)12-10-18/h6-13,15,17H,1-5H3,(H,26,27)/b19-13+/t17-/m0/s1. The van der Waals surface area contributed by atoms with Crippen molar-refractivity contribution in [2.75, 3.05) is 12.4 Å². The number of benzene rings is 2. The molecular formula is C24H26N2O4. The van der Waals surface area contributed by atoms with E-state index in [1.807, 2.05) is 45.0 Å². The van der Waals surface area contributed by atoms with Crippen LogP contribution in [0.15, 0.2) is 48.0 Å². The molecule has 2 rings (SSSR count). The summed E-state index contributed by atoms with van der Waals surface area (Å²) in [6.07, 6.45) is 0.342. The molecule has 0 saturated heterocycles. The van der Waals surface area contributed by atoms with Crippen molar-refractivity contribution in [1.29, 1.82) is 5.26 Å². The molecule has 1 atom stereocenters. The Labute approximate surface area is 177 Å². The Balaban J connectivity index is 2.11. The number of anilines is 1. The van der Waals surface area contributed by atoms with Crippen molar-refractivity contribution in [2.45, 2.75) is 39.7 Å². The van der Waals surface area contributed by atoms with E-state index in [4.69, 9.17) is 9.47 Å². The molecule has 0 radical (unpaired) electrons. The summed E-state index contributed by atoms with van der Waals surface area (Å²) in [4.78, 5) is 25.0. The smallest absolute Gasteiger partial charge is 0.349 e. The normalized spacial score (nSPS) is 12.1. The molecule has 1 amide bonds. The summed E-state index contributed by atoms with van der Waals surface area (Å²) in [5.41, 5.74) is 3.08. The van der Waals surface area contributed by atoms with Gasteiger partial charge in [0.15, 0.2) is 6.10 Å². The fourth-order valence-electron chi connectivity index (χ4n) is 2.85. The summed E-state index contributed by atoms with van der Waals surface area (Å²) >= 11 is 0. The predicted octanol–water partition coefficient (Wildman–Crippen LogP) is 4.60. The number of rotatable bonds is 7. The van der Waals surface area contributed by atoms with Gasteiger partial charge in [-0.2, -0.15) is 5.26 Å². The third-order valence-corrected chi connectivity index (χ3v) is 4.60. The lowest BCUT2D eigenvalue weighted by Crippen LogP contribution is -2.31. The lowest BCUT2D eigenvalue weighted by atomic mass is 9.98. The SMILES string of the molecule is COc1ccc(/C=C(\C#N)C(=O)O[C@@H](C)C(=O)Nc2c(C)cccc2C(C)C)cc1. The second kappa shape index (κ2) is 10.3. The minimum absolute atomic E-state index is 0.196. The molecule has 0 spiro atoms. The lowest BCUT2D eigenvalue weighted by molar-refractivity contribution is -0.148. The molecule has 0 aromatic heterocycles. The summed E-state index contributed by atoms with van der Waals surface area (Å²) in [5, 5.41) is 12.2. The van der Waals surface area contributed by atoms with Crippen LogP contribution in [0, 0.1) is 18.3 Å². The van der Waals surface area contributed by atoms with Gasteiger partial charge in [-0.3, -0.25) is 4.79 Å². The molecule has 156 valence electrons. The first-order chi connectivity index (χ1) is 14.3. The van der Waals surface area contributed by atoms with Crippen LogP contribution < -0.4 is 10.1 Å². The Bertz CT molecular complexity index is 985. The number of ether oxygens (including phenoxy) is 2. The minimum atomic E-state index is -1.07. The first-order valence-corrected chi connectivity index (χ1v) is 9.64. The van der Waals surface area contributed by atoms with E-state index in [0.29, 0.717) is 11.3 Å². The molecule has 0 unspecified atom stereocenters. The number of hydrogen-bond donors (Lipinski definition) is 1. The number of nitriles is 1. The first-order valence-electron chi connectivity index (χ1n) is 9.64. The molecule has 30 heavy (non-hydrogen) atoms. The fourth-order valence-corrected chi connectivity index (χ4v) is 2.85. The third kappa shape index (κ3) is 5.71. The van der Waals surface area contributed by atoms with Gasteiger partial charge in [-0.05, 0) is 54.7 Å². The number of carbonyl (C=O) groups is 2. The highest BCUT2D eigenvalue weighted by Crippen LogP contribution is 2.27. The number of amides is 1. The summed E-state index contributed by atoms with van der Waals surface area (Å²) in [5.74, 6) is -0.433. The Morgan fingerprint density at radius 1 is 1.10 bits per heavy atom. The van der Waals surface area contributed by atoms with E-state index < -0.39 is 18.0 Å². The maximum Gasteiger partial charge on any atom is 0.349 e. The fraction of sp³-hybridized carbons (Fsp3) is 0.292. The van der Waals surface area contributed by atoms with Crippen LogP contribution in [0.2, 0.25) is 0 Å². The van der Waals surface area contributed by atoms with Crippen molar-refractivity contribution in [1.82, 2.24) is 0 Å². The Morgan fingerprint density at radius 3 is 2.33 bits per heavy atom. The van der Waals surface area contributed by atoms with E-state index in [1.165, 1.54) is 13.0 Å². The summed E-state index contributed by atoms with van der Waals surface area (Å²) in [6.45, 7) is 7.46. The second-order valence-corrected chi connectivity index (χ2v) is 7.17. The van der Waals surface area contributed by atoms with Gasteiger partial charge in [0, 0.05) is 5.69 Å². The Morgan fingerprint density at radius 2 is 1.77 bits per heavy atom. The topological polar surface area (TPSA) is 88.4 Å². The number of para-hydroxylation sites is 1. The highest BCUT2D eigenvalue weighted by Gasteiger charge is 2.22. The van der Waals surface area contributed by atoms with E-state index >= 15 is 0 Å². The monoisotopic (exact) mass is 406 g/mol. The number of nitrogens with zero attached hydrogens (tertiary/aromatic N) is 1. The first kappa shape index (κ1) is 22.7. The second-order valence-electron chi connectivity index (χ2n) is 7.17. The summed E-state index contributed by atoms with van der Waals surface area (Å²) in [7, 11) is 1.55. The van der Waals surface area contributed by atoms with E-state index in [2.05, 4.69) is 5.32 Å². The van der Waals surface area contributed by atoms with Gasteiger partial charge in [-0.1, -0.05) is 44.2 Å². The highest BCUT2D eigenvalue weighted by atomic mass is 16.5. The van der Waals surface area contributed by atoms with Gasteiger partial charge in [0.05, 0.1) is 7.11 Å². The molecule has 6 nitrogen and oxygen atoms in total. The predicted molar refractivity (Wildman–Crippen MR) is 116 cm³/mol. The molecule has 6 heteroatoms. The van der Waals surface area contributed by atoms with Gasteiger partial charge >= 0.3 is 5.97 Å². The van der Waals surface area contributed by atoms with E-state index in [0.717, 1.165) is 16.8 Å². The number of nitrogens with one attached hydrogen (secondary N) is 1. The number of hydrogen-bond acceptors (Lipinski definition) is 5. The van der Waals surface area contributed by atoms with Gasteiger partial charge in [-0.25, -0.2) is 4.79 Å². The van der Waals surface area contributed by atoms with Crippen LogP contribution in [0.3, 0.4) is 0 Å². The molecule has 0 bridgehead atoms. The zero-order valence-electron chi connectivity index (χ0n) is 17.9. The van der Waals surface area contributed by atoms with Crippen LogP contribution in [0.5, 0.6) is 5.75 Å². The molecule has 0 fully saturated rings. The van der Waals surface area contributed by atoms with Gasteiger partial charge in [-0.15, -0.1) is 0 Å². The largest absolute Gasteiger partial charge is 0.497 e. The minimum Gasteiger partial charge on any atom is -0.497 e. The molecule has 0 aliphatic rings. The maximum atomic E-state index is 12.6. The van der Waals surface area contributed by atoms with Crippen molar-refractivity contribution in [2.24, 2.45) is 0 Å².